The zero-order chi connectivity index (χ0) is 20.6. The lowest BCUT2D eigenvalue weighted by molar-refractivity contribution is 0.102. The molecule has 0 spiro atoms. The van der Waals surface area contributed by atoms with Gasteiger partial charge in [0.15, 0.2) is 11.5 Å². The van der Waals surface area contributed by atoms with Crippen LogP contribution in [-0.4, -0.2) is 24.6 Å². The maximum Gasteiger partial charge on any atom is 0.255 e. The van der Waals surface area contributed by atoms with Gasteiger partial charge in [-0.25, -0.2) is 0 Å². The topological polar surface area (TPSA) is 60.5 Å². The van der Waals surface area contributed by atoms with Crippen molar-refractivity contribution in [3.05, 3.63) is 82.6 Å². The zero-order valence-electron chi connectivity index (χ0n) is 16.4. The van der Waals surface area contributed by atoms with E-state index in [1.807, 2.05) is 43.3 Å². The molecule has 6 heteroatoms. The number of aromatic nitrogens is 1. The van der Waals surface area contributed by atoms with Crippen LogP contribution < -0.4 is 14.8 Å². The van der Waals surface area contributed by atoms with Crippen molar-refractivity contribution in [3.8, 4) is 11.5 Å². The molecule has 1 amide bonds. The highest BCUT2D eigenvalue weighted by molar-refractivity contribution is 6.32. The first-order chi connectivity index (χ1) is 14.1. The fraction of sp³-hybridized carbons (Fsp3) is 0.217. The van der Waals surface area contributed by atoms with Crippen molar-refractivity contribution >= 4 is 23.2 Å². The summed E-state index contributed by atoms with van der Waals surface area (Å²) in [6.45, 7) is 2.53. The van der Waals surface area contributed by atoms with Crippen molar-refractivity contribution < 1.29 is 14.3 Å². The second-order valence-corrected chi connectivity index (χ2v) is 6.93. The minimum atomic E-state index is -0.269. The molecule has 0 radical (unpaired) electrons. The first kappa shape index (κ1) is 20.7. The van der Waals surface area contributed by atoms with Gasteiger partial charge in [0.2, 0.25) is 0 Å². The Labute approximate surface area is 175 Å². The molecule has 29 heavy (non-hydrogen) atoms. The third-order valence-corrected chi connectivity index (χ3v) is 4.59. The molecule has 3 aromatic rings. The van der Waals surface area contributed by atoms with E-state index in [2.05, 4.69) is 10.3 Å². The molecule has 0 saturated heterocycles. The van der Waals surface area contributed by atoms with Gasteiger partial charge in [-0.2, -0.15) is 0 Å². The molecule has 0 saturated carbocycles. The van der Waals surface area contributed by atoms with E-state index in [-0.39, 0.29) is 5.91 Å². The van der Waals surface area contributed by atoms with Crippen LogP contribution in [0.5, 0.6) is 11.5 Å². The molecular formula is C23H23ClN2O3. The molecule has 0 fully saturated rings. The van der Waals surface area contributed by atoms with Crippen LogP contribution in [0, 0.1) is 0 Å². The number of benzene rings is 2. The SMILES string of the molecule is CCCOc1c(Cl)cc(C(=O)Nc2ccc(Cc3ccncc3)cc2)cc1OC. The number of hydrogen-bond acceptors (Lipinski definition) is 4. The highest BCUT2D eigenvalue weighted by Gasteiger charge is 2.16. The smallest absolute Gasteiger partial charge is 0.255 e. The summed E-state index contributed by atoms with van der Waals surface area (Å²) in [6, 6.07) is 14.9. The fourth-order valence-electron chi connectivity index (χ4n) is 2.84. The summed E-state index contributed by atoms with van der Waals surface area (Å²) in [5.41, 5.74) is 3.44. The molecule has 1 heterocycles. The van der Waals surface area contributed by atoms with E-state index in [0.29, 0.717) is 34.4 Å². The number of carbonyl (C=O) groups is 1. The van der Waals surface area contributed by atoms with E-state index in [1.54, 1.807) is 24.5 Å². The summed E-state index contributed by atoms with van der Waals surface area (Å²) in [6.07, 6.45) is 5.21. The summed E-state index contributed by atoms with van der Waals surface area (Å²) in [4.78, 5) is 16.7. The quantitative estimate of drug-likeness (QED) is 0.542. The van der Waals surface area contributed by atoms with Crippen molar-refractivity contribution in [1.29, 1.82) is 0 Å². The Morgan fingerprint density at radius 3 is 2.41 bits per heavy atom. The largest absolute Gasteiger partial charge is 0.493 e. The summed E-state index contributed by atoms with van der Waals surface area (Å²) < 4.78 is 11.0. The van der Waals surface area contributed by atoms with Crippen LogP contribution >= 0.6 is 11.6 Å². The lowest BCUT2D eigenvalue weighted by Crippen LogP contribution is -2.12. The normalized spacial score (nSPS) is 10.4. The molecule has 1 aromatic heterocycles. The maximum absolute atomic E-state index is 12.7. The Kier molecular flexibility index (Phi) is 7.09. The highest BCUT2D eigenvalue weighted by atomic mass is 35.5. The van der Waals surface area contributed by atoms with Crippen LogP contribution in [-0.2, 0) is 6.42 Å². The van der Waals surface area contributed by atoms with Gasteiger partial charge in [-0.15, -0.1) is 0 Å². The summed E-state index contributed by atoms with van der Waals surface area (Å²) in [5.74, 6) is 0.617. The van der Waals surface area contributed by atoms with E-state index in [1.165, 1.54) is 12.7 Å². The molecule has 0 atom stereocenters. The van der Waals surface area contributed by atoms with Crippen LogP contribution in [0.2, 0.25) is 5.02 Å². The van der Waals surface area contributed by atoms with Crippen molar-refractivity contribution in [2.24, 2.45) is 0 Å². The van der Waals surface area contributed by atoms with Gasteiger partial charge in [-0.3, -0.25) is 9.78 Å². The first-order valence-electron chi connectivity index (χ1n) is 9.40. The number of ether oxygens (including phenoxy) is 2. The Bertz CT molecular complexity index is 960. The van der Waals surface area contributed by atoms with E-state index in [4.69, 9.17) is 21.1 Å². The van der Waals surface area contributed by atoms with Gasteiger partial charge in [0, 0.05) is 23.6 Å². The van der Waals surface area contributed by atoms with Gasteiger partial charge >= 0.3 is 0 Å². The van der Waals surface area contributed by atoms with Gasteiger partial charge in [0.1, 0.15) is 0 Å². The molecule has 0 unspecified atom stereocenters. The number of carbonyl (C=O) groups excluding carboxylic acids is 1. The van der Waals surface area contributed by atoms with Crippen LogP contribution in [0.4, 0.5) is 5.69 Å². The molecule has 0 bridgehead atoms. The van der Waals surface area contributed by atoms with E-state index >= 15 is 0 Å². The second kappa shape index (κ2) is 9.94. The Balaban J connectivity index is 1.70. The number of hydrogen-bond donors (Lipinski definition) is 1. The standard InChI is InChI=1S/C23H23ClN2O3/c1-3-12-29-22-20(24)14-18(15-21(22)28-2)23(27)26-19-6-4-16(5-7-19)13-17-8-10-25-11-9-17/h4-11,14-15H,3,12-13H2,1-2H3,(H,26,27). The van der Waals surface area contributed by atoms with Crippen LogP contribution in [0.25, 0.3) is 0 Å². The minimum Gasteiger partial charge on any atom is -0.493 e. The van der Waals surface area contributed by atoms with E-state index in [0.717, 1.165) is 18.4 Å². The molecule has 3 rings (SSSR count). The predicted molar refractivity (Wildman–Crippen MR) is 115 cm³/mol. The van der Waals surface area contributed by atoms with Crippen molar-refractivity contribution in [2.75, 3.05) is 19.0 Å². The van der Waals surface area contributed by atoms with Crippen LogP contribution in [0.3, 0.4) is 0 Å². The number of halogens is 1. The predicted octanol–water partition coefficient (Wildman–Crippen LogP) is 5.38. The molecule has 150 valence electrons. The Morgan fingerprint density at radius 1 is 1.07 bits per heavy atom. The zero-order valence-corrected chi connectivity index (χ0v) is 17.2. The van der Waals surface area contributed by atoms with Gasteiger partial charge < -0.3 is 14.8 Å². The number of nitrogens with zero attached hydrogens (tertiary/aromatic N) is 1. The van der Waals surface area contributed by atoms with Gasteiger partial charge in [-0.1, -0.05) is 30.7 Å². The molecular weight excluding hydrogens is 388 g/mol. The molecule has 0 aliphatic rings. The van der Waals surface area contributed by atoms with Crippen LogP contribution in [0.15, 0.2) is 60.9 Å². The number of amides is 1. The summed E-state index contributed by atoms with van der Waals surface area (Å²) >= 11 is 6.30. The molecule has 5 nitrogen and oxygen atoms in total. The average Bonchev–Trinajstić information content (AvgIpc) is 2.74. The number of anilines is 1. The molecule has 0 aliphatic heterocycles. The second-order valence-electron chi connectivity index (χ2n) is 6.52. The van der Waals surface area contributed by atoms with Crippen LogP contribution in [0.1, 0.15) is 34.8 Å². The van der Waals surface area contributed by atoms with Crippen molar-refractivity contribution in [3.63, 3.8) is 0 Å². The highest BCUT2D eigenvalue weighted by Crippen LogP contribution is 2.36. The number of pyridine rings is 1. The summed E-state index contributed by atoms with van der Waals surface area (Å²) in [7, 11) is 1.52. The lowest BCUT2D eigenvalue weighted by Gasteiger charge is -2.14. The molecule has 1 N–H and O–H groups in total. The Morgan fingerprint density at radius 2 is 1.76 bits per heavy atom. The van der Waals surface area contributed by atoms with Crippen molar-refractivity contribution in [2.45, 2.75) is 19.8 Å². The van der Waals surface area contributed by atoms with Gasteiger partial charge in [-0.05, 0) is 60.4 Å². The van der Waals surface area contributed by atoms with E-state index < -0.39 is 0 Å². The lowest BCUT2D eigenvalue weighted by atomic mass is 10.1. The first-order valence-corrected chi connectivity index (χ1v) is 9.78. The maximum atomic E-state index is 12.7. The average molecular weight is 411 g/mol. The van der Waals surface area contributed by atoms with Gasteiger partial charge in [0.25, 0.3) is 5.91 Å². The number of nitrogens with one attached hydrogen (secondary N) is 1. The number of rotatable bonds is 8. The molecule has 0 aliphatic carbocycles. The van der Waals surface area contributed by atoms with Crippen molar-refractivity contribution in [1.82, 2.24) is 4.98 Å². The van der Waals surface area contributed by atoms with E-state index in [9.17, 15) is 4.79 Å². The summed E-state index contributed by atoms with van der Waals surface area (Å²) in [5, 5.41) is 3.23. The Hall–Kier alpha value is -3.05. The monoisotopic (exact) mass is 410 g/mol. The third kappa shape index (κ3) is 5.48. The van der Waals surface area contributed by atoms with Gasteiger partial charge in [0.05, 0.1) is 18.7 Å². The third-order valence-electron chi connectivity index (χ3n) is 4.31. The molecule has 2 aromatic carbocycles. The fourth-order valence-corrected chi connectivity index (χ4v) is 3.11. The number of methoxy groups -OCH3 is 1. The minimum absolute atomic E-state index is 0.269.